The lowest BCUT2D eigenvalue weighted by Crippen LogP contribution is -2.40. The van der Waals surface area contributed by atoms with Crippen LogP contribution in [0.1, 0.15) is 75.3 Å². The number of aromatic nitrogens is 2. The number of thiocarbonyl (C=S) groups is 1. The summed E-state index contributed by atoms with van der Waals surface area (Å²) in [5.41, 5.74) is 2.39. The van der Waals surface area contributed by atoms with Crippen molar-refractivity contribution in [3.8, 4) is 0 Å². The number of hydrogen-bond acceptors (Lipinski definition) is 2. The fraction of sp³-hybridized carbons (Fsp3) is 0.524. The van der Waals surface area contributed by atoms with Crippen LogP contribution in [0.4, 0.5) is 0 Å². The highest BCUT2D eigenvalue weighted by atomic mass is 32.1. The first-order valence-corrected chi connectivity index (χ1v) is 10.2. The van der Waals surface area contributed by atoms with Crippen molar-refractivity contribution in [1.29, 1.82) is 0 Å². The fourth-order valence-electron chi connectivity index (χ4n) is 4.40. The minimum atomic E-state index is 0.105. The first-order valence-electron chi connectivity index (χ1n) is 9.82. The highest BCUT2D eigenvalue weighted by molar-refractivity contribution is 7.80. The summed E-state index contributed by atoms with van der Waals surface area (Å²) in [6.45, 7) is 4.44. The number of nitrogens with zero attached hydrogens (tertiary/aromatic N) is 3. The van der Waals surface area contributed by atoms with Crippen LogP contribution in [0.2, 0.25) is 0 Å². The van der Waals surface area contributed by atoms with E-state index in [0.29, 0.717) is 12.1 Å². The first-order chi connectivity index (χ1) is 12.6. The van der Waals surface area contributed by atoms with E-state index in [9.17, 15) is 0 Å². The van der Waals surface area contributed by atoms with Crippen LogP contribution in [0.3, 0.4) is 0 Å². The van der Waals surface area contributed by atoms with Crippen molar-refractivity contribution < 1.29 is 0 Å². The lowest BCUT2D eigenvalue weighted by molar-refractivity contribution is 0.197. The van der Waals surface area contributed by atoms with Gasteiger partial charge in [0, 0.05) is 30.7 Å². The third kappa shape index (κ3) is 3.25. The van der Waals surface area contributed by atoms with E-state index in [1.165, 1.54) is 37.7 Å². The maximum Gasteiger partial charge on any atom is 0.170 e. The molecule has 1 saturated heterocycles. The Kier molecular flexibility index (Phi) is 4.98. The quantitative estimate of drug-likeness (QED) is 0.788. The van der Waals surface area contributed by atoms with Crippen molar-refractivity contribution >= 4 is 17.3 Å². The molecular formula is C21H28N4S. The lowest BCUT2D eigenvalue weighted by atomic mass is 9.91. The van der Waals surface area contributed by atoms with Crippen LogP contribution in [0.25, 0.3) is 0 Å². The molecule has 4 rings (SSSR count). The van der Waals surface area contributed by atoms with Crippen LogP contribution in [-0.4, -0.2) is 25.6 Å². The average Bonchev–Trinajstić information content (AvgIpc) is 3.28. The Hall–Kier alpha value is -1.88. The average molecular weight is 369 g/mol. The highest BCUT2D eigenvalue weighted by Crippen LogP contribution is 2.42. The van der Waals surface area contributed by atoms with Gasteiger partial charge in [-0.2, -0.15) is 0 Å². The van der Waals surface area contributed by atoms with E-state index >= 15 is 0 Å². The molecule has 0 spiro atoms. The van der Waals surface area contributed by atoms with Crippen LogP contribution < -0.4 is 5.32 Å². The summed E-state index contributed by atoms with van der Waals surface area (Å²) in [6, 6.07) is 9.70. The second-order valence-corrected chi connectivity index (χ2v) is 8.20. The van der Waals surface area contributed by atoms with Gasteiger partial charge in [0.05, 0.1) is 17.8 Å². The molecule has 1 N–H and O–H groups in total. The van der Waals surface area contributed by atoms with E-state index in [1.807, 2.05) is 12.3 Å². The Morgan fingerprint density at radius 3 is 2.62 bits per heavy atom. The maximum absolute atomic E-state index is 5.81. The molecule has 2 atom stereocenters. The van der Waals surface area contributed by atoms with Crippen molar-refractivity contribution in [2.45, 2.75) is 70.1 Å². The molecule has 0 bridgehead atoms. The molecule has 2 unspecified atom stereocenters. The van der Waals surface area contributed by atoms with Crippen LogP contribution in [0, 0.1) is 0 Å². The molecule has 26 heavy (non-hydrogen) atoms. The van der Waals surface area contributed by atoms with Gasteiger partial charge in [0.1, 0.15) is 0 Å². The normalized spacial score (nSPS) is 24.3. The van der Waals surface area contributed by atoms with Crippen molar-refractivity contribution in [3.63, 3.8) is 0 Å². The number of pyridine rings is 1. The van der Waals surface area contributed by atoms with E-state index in [4.69, 9.17) is 12.2 Å². The predicted octanol–water partition coefficient (Wildman–Crippen LogP) is 4.77. The summed E-state index contributed by atoms with van der Waals surface area (Å²) in [5, 5.41) is 4.47. The lowest BCUT2D eigenvalue weighted by Gasteiger charge is -2.36. The second-order valence-electron chi connectivity index (χ2n) is 7.81. The van der Waals surface area contributed by atoms with Crippen molar-refractivity contribution in [1.82, 2.24) is 19.8 Å². The van der Waals surface area contributed by atoms with E-state index < -0.39 is 0 Å². The second kappa shape index (κ2) is 7.39. The zero-order valence-corrected chi connectivity index (χ0v) is 16.5. The molecule has 2 fully saturated rings. The molecule has 2 aliphatic rings. The zero-order valence-electron chi connectivity index (χ0n) is 15.6. The van der Waals surface area contributed by atoms with E-state index in [0.717, 1.165) is 10.8 Å². The molecule has 138 valence electrons. The largest absolute Gasteiger partial charge is 0.352 e. The topological polar surface area (TPSA) is 33.1 Å². The van der Waals surface area contributed by atoms with Gasteiger partial charge in [-0.1, -0.05) is 25.3 Å². The van der Waals surface area contributed by atoms with Crippen LogP contribution >= 0.6 is 12.2 Å². The zero-order chi connectivity index (χ0) is 18.1. The van der Waals surface area contributed by atoms with E-state index in [-0.39, 0.29) is 12.1 Å². The molecule has 2 aromatic rings. The van der Waals surface area contributed by atoms with Crippen molar-refractivity contribution in [3.05, 3.63) is 54.1 Å². The van der Waals surface area contributed by atoms with E-state index in [1.54, 1.807) is 0 Å². The molecule has 1 aliphatic heterocycles. The third-order valence-corrected chi connectivity index (χ3v) is 6.11. The molecule has 2 aromatic heterocycles. The molecule has 1 saturated carbocycles. The Labute approximate surface area is 161 Å². The minimum absolute atomic E-state index is 0.105. The molecular weight excluding hydrogens is 340 g/mol. The molecule has 1 aliphatic carbocycles. The van der Waals surface area contributed by atoms with Gasteiger partial charge < -0.3 is 14.8 Å². The SMILES string of the molecule is CC(C)n1ccc(C2C(c3ccccn3)NC(=S)N2C2CCCCC2)c1. The van der Waals surface area contributed by atoms with E-state index in [2.05, 4.69) is 64.2 Å². The predicted molar refractivity (Wildman–Crippen MR) is 109 cm³/mol. The summed E-state index contributed by atoms with van der Waals surface area (Å²) >= 11 is 5.81. The smallest absolute Gasteiger partial charge is 0.170 e. The summed E-state index contributed by atoms with van der Waals surface area (Å²) in [6.07, 6.45) is 12.8. The molecule has 0 amide bonds. The molecule has 0 radical (unpaired) electrons. The Bertz CT molecular complexity index is 748. The van der Waals surface area contributed by atoms with Crippen molar-refractivity contribution in [2.75, 3.05) is 0 Å². The standard InChI is InChI=1S/C21H28N4S/c1-15(2)24-13-11-16(14-24)20-19(18-10-6-7-12-22-18)23-21(26)25(20)17-8-4-3-5-9-17/h6-7,10-15,17,19-20H,3-5,8-9H2,1-2H3,(H,23,26). The van der Waals surface area contributed by atoms with Gasteiger partial charge >= 0.3 is 0 Å². The fourth-order valence-corrected chi connectivity index (χ4v) is 4.79. The monoisotopic (exact) mass is 368 g/mol. The summed E-state index contributed by atoms with van der Waals surface area (Å²) in [7, 11) is 0. The molecule has 5 heteroatoms. The Balaban J connectivity index is 1.73. The Morgan fingerprint density at radius 1 is 1.15 bits per heavy atom. The van der Waals surface area contributed by atoms with Gasteiger partial charge in [-0.15, -0.1) is 0 Å². The summed E-state index contributed by atoms with van der Waals surface area (Å²) in [4.78, 5) is 7.12. The van der Waals surface area contributed by atoms with Gasteiger partial charge in [-0.05, 0) is 62.7 Å². The van der Waals surface area contributed by atoms with Crippen LogP contribution in [0.15, 0.2) is 42.9 Å². The van der Waals surface area contributed by atoms with Gasteiger partial charge in [-0.25, -0.2) is 0 Å². The summed E-state index contributed by atoms with van der Waals surface area (Å²) < 4.78 is 2.28. The minimum Gasteiger partial charge on any atom is -0.352 e. The van der Waals surface area contributed by atoms with Gasteiger partial charge in [0.25, 0.3) is 0 Å². The molecule has 4 nitrogen and oxygen atoms in total. The number of hydrogen-bond donors (Lipinski definition) is 1. The van der Waals surface area contributed by atoms with Gasteiger partial charge in [0.2, 0.25) is 0 Å². The van der Waals surface area contributed by atoms with Crippen LogP contribution in [-0.2, 0) is 0 Å². The molecule has 0 aromatic carbocycles. The van der Waals surface area contributed by atoms with Crippen molar-refractivity contribution in [2.24, 2.45) is 0 Å². The highest BCUT2D eigenvalue weighted by Gasteiger charge is 2.43. The Morgan fingerprint density at radius 2 is 1.96 bits per heavy atom. The van der Waals surface area contributed by atoms with Gasteiger partial charge in [0.15, 0.2) is 5.11 Å². The summed E-state index contributed by atoms with van der Waals surface area (Å²) in [5.74, 6) is 0. The molecule has 3 heterocycles. The number of nitrogens with one attached hydrogen (secondary N) is 1. The first kappa shape index (κ1) is 17.5. The van der Waals surface area contributed by atoms with Crippen LogP contribution in [0.5, 0.6) is 0 Å². The maximum atomic E-state index is 5.81. The number of rotatable bonds is 4. The third-order valence-electron chi connectivity index (χ3n) is 5.78. The van der Waals surface area contributed by atoms with Gasteiger partial charge in [-0.3, -0.25) is 4.98 Å².